The number of aryl methyl sites for hydroxylation is 1. The molecule has 0 aromatic carbocycles. The molecule has 6 nitrogen and oxygen atoms in total. The number of hydrogen-bond acceptors (Lipinski definition) is 3. The molecule has 1 N–H and O–H groups in total. The van der Waals surface area contributed by atoms with Crippen molar-refractivity contribution in [2.45, 2.75) is 70.9 Å². The van der Waals surface area contributed by atoms with Gasteiger partial charge in [-0.1, -0.05) is 19.3 Å². The van der Waals surface area contributed by atoms with Crippen LogP contribution in [0.4, 0.5) is 0 Å². The summed E-state index contributed by atoms with van der Waals surface area (Å²) in [5, 5.41) is 0. The van der Waals surface area contributed by atoms with E-state index in [0.29, 0.717) is 32.0 Å². The van der Waals surface area contributed by atoms with Crippen molar-refractivity contribution in [1.29, 1.82) is 0 Å². The molecule has 0 radical (unpaired) electrons. The summed E-state index contributed by atoms with van der Waals surface area (Å²) in [6.45, 7) is 5.35. The predicted octanol–water partition coefficient (Wildman–Crippen LogP) is 2.76. The van der Waals surface area contributed by atoms with Gasteiger partial charge in [-0.25, -0.2) is 13.1 Å². The Morgan fingerprint density at radius 1 is 1.08 bits per heavy atom. The molecule has 1 amide bonds. The maximum absolute atomic E-state index is 13.0. The van der Waals surface area contributed by atoms with E-state index in [9.17, 15) is 13.2 Å². The Labute approximate surface area is 157 Å². The zero-order chi connectivity index (χ0) is 18.9. The van der Waals surface area contributed by atoms with Crippen LogP contribution in [0.5, 0.6) is 0 Å². The number of piperidine rings is 1. The number of likely N-dealkylation sites (tertiary alicyclic amines) is 1. The van der Waals surface area contributed by atoms with Gasteiger partial charge in [-0.05, 0) is 45.6 Å². The highest BCUT2D eigenvalue weighted by Crippen LogP contribution is 2.32. The lowest BCUT2D eigenvalue weighted by Crippen LogP contribution is -2.46. The van der Waals surface area contributed by atoms with E-state index >= 15 is 0 Å². The highest BCUT2D eigenvalue weighted by molar-refractivity contribution is 7.88. The van der Waals surface area contributed by atoms with E-state index in [-0.39, 0.29) is 11.9 Å². The largest absolute Gasteiger partial charge is 0.345 e. The fourth-order valence-electron chi connectivity index (χ4n) is 4.57. The summed E-state index contributed by atoms with van der Waals surface area (Å²) in [6.07, 6.45) is 8.78. The van der Waals surface area contributed by atoms with Gasteiger partial charge >= 0.3 is 0 Å². The molecule has 7 heteroatoms. The second-order valence-electron chi connectivity index (χ2n) is 7.90. The predicted molar refractivity (Wildman–Crippen MR) is 103 cm³/mol. The fraction of sp³-hybridized carbons (Fsp3) is 0.737. The molecule has 0 spiro atoms. The van der Waals surface area contributed by atoms with Gasteiger partial charge < -0.3 is 9.47 Å². The lowest BCUT2D eigenvalue weighted by Gasteiger charge is -2.32. The average molecular weight is 382 g/mol. The van der Waals surface area contributed by atoms with E-state index in [1.807, 2.05) is 11.0 Å². The van der Waals surface area contributed by atoms with Crippen LogP contribution in [0.2, 0.25) is 0 Å². The van der Waals surface area contributed by atoms with Gasteiger partial charge in [-0.3, -0.25) is 4.79 Å². The SMILES string of the molecule is Cc1cc(C(=O)N2CCC(NS(C)(=O)=O)CC2)c(C)n1C1CCCCC1. The quantitative estimate of drug-likeness (QED) is 0.872. The molecule has 1 aliphatic heterocycles. The average Bonchev–Trinajstić information content (AvgIpc) is 2.89. The highest BCUT2D eigenvalue weighted by atomic mass is 32.2. The summed E-state index contributed by atoms with van der Waals surface area (Å²) in [7, 11) is -3.19. The summed E-state index contributed by atoms with van der Waals surface area (Å²) in [6, 6.07) is 2.49. The first-order valence-corrected chi connectivity index (χ1v) is 11.6. The maximum atomic E-state index is 13.0. The number of rotatable bonds is 4. The Kier molecular flexibility index (Phi) is 5.77. The smallest absolute Gasteiger partial charge is 0.255 e. The molecule has 1 aromatic heterocycles. The minimum absolute atomic E-state index is 0.0660. The van der Waals surface area contributed by atoms with Gasteiger partial charge in [0, 0.05) is 36.6 Å². The summed E-state index contributed by atoms with van der Waals surface area (Å²) in [5.41, 5.74) is 3.06. The Morgan fingerprint density at radius 3 is 2.27 bits per heavy atom. The molecule has 1 saturated heterocycles. The molecule has 146 valence electrons. The number of carbonyl (C=O) groups is 1. The first kappa shape index (κ1) is 19.4. The van der Waals surface area contributed by atoms with Gasteiger partial charge in [0.05, 0.1) is 11.8 Å². The number of hydrogen-bond donors (Lipinski definition) is 1. The Balaban J connectivity index is 1.69. The van der Waals surface area contributed by atoms with Gasteiger partial charge in [0.15, 0.2) is 0 Å². The molecule has 0 bridgehead atoms. The summed E-state index contributed by atoms with van der Waals surface area (Å²) in [4.78, 5) is 14.9. The lowest BCUT2D eigenvalue weighted by molar-refractivity contribution is 0.0710. The molecular formula is C19H31N3O3S. The van der Waals surface area contributed by atoms with Crippen molar-refractivity contribution in [1.82, 2.24) is 14.2 Å². The van der Waals surface area contributed by atoms with E-state index < -0.39 is 10.0 Å². The molecule has 1 aliphatic carbocycles. The molecule has 0 unspecified atom stereocenters. The van der Waals surface area contributed by atoms with E-state index in [4.69, 9.17) is 0 Å². The van der Waals surface area contributed by atoms with Crippen LogP contribution in [-0.2, 0) is 10.0 Å². The molecule has 2 heterocycles. The van der Waals surface area contributed by atoms with Crippen molar-refractivity contribution in [3.05, 3.63) is 23.0 Å². The van der Waals surface area contributed by atoms with Gasteiger partial charge in [-0.15, -0.1) is 0 Å². The van der Waals surface area contributed by atoms with Gasteiger partial charge in [0.25, 0.3) is 5.91 Å². The van der Waals surface area contributed by atoms with Gasteiger partial charge in [0.2, 0.25) is 10.0 Å². The summed E-state index contributed by atoms with van der Waals surface area (Å²) >= 11 is 0. The lowest BCUT2D eigenvalue weighted by atomic mass is 9.95. The van der Waals surface area contributed by atoms with E-state index in [0.717, 1.165) is 11.3 Å². The van der Waals surface area contributed by atoms with E-state index in [1.54, 1.807) is 0 Å². The maximum Gasteiger partial charge on any atom is 0.255 e. The van der Waals surface area contributed by atoms with Crippen molar-refractivity contribution < 1.29 is 13.2 Å². The van der Waals surface area contributed by atoms with Crippen LogP contribution >= 0.6 is 0 Å². The van der Waals surface area contributed by atoms with E-state index in [2.05, 4.69) is 23.1 Å². The van der Waals surface area contributed by atoms with Gasteiger partial charge in [-0.2, -0.15) is 0 Å². The molecule has 0 atom stereocenters. The summed E-state index contributed by atoms with van der Waals surface area (Å²) in [5.74, 6) is 0.0814. The number of carbonyl (C=O) groups excluding carboxylic acids is 1. The normalized spacial score (nSPS) is 20.5. The minimum Gasteiger partial charge on any atom is -0.345 e. The Hall–Kier alpha value is -1.34. The standard InChI is InChI=1S/C19H31N3O3S/c1-14-13-18(15(2)22(14)17-7-5-4-6-8-17)19(23)21-11-9-16(10-12-21)20-26(3,24)25/h13,16-17,20H,4-12H2,1-3H3. The fourth-order valence-corrected chi connectivity index (χ4v) is 5.41. The monoisotopic (exact) mass is 381 g/mol. The molecule has 26 heavy (non-hydrogen) atoms. The van der Waals surface area contributed by atoms with Crippen LogP contribution in [0, 0.1) is 13.8 Å². The third kappa shape index (κ3) is 4.31. The first-order chi connectivity index (χ1) is 12.3. The van der Waals surface area contributed by atoms with Crippen molar-refractivity contribution in [3.63, 3.8) is 0 Å². The topological polar surface area (TPSA) is 71.4 Å². The Bertz CT molecular complexity index is 755. The molecule has 3 rings (SSSR count). The number of amides is 1. The second kappa shape index (κ2) is 7.72. The minimum atomic E-state index is -3.19. The van der Waals surface area contributed by atoms with Crippen LogP contribution < -0.4 is 4.72 Å². The zero-order valence-electron chi connectivity index (χ0n) is 16.1. The summed E-state index contributed by atoms with van der Waals surface area (Å²) < 4.78 is 27.8. The number of sulfonamides is 1. The molecule has 2 fully saturated rings. The van der Waals surface area contributed by atoms with Crippen LogP contribution in [0.1, 0.15) is 72.7 Å². The Morgan fingerprint density at radius 2 is 1.69 bits per heavy atom. The van der Waals surface area contributed by atoms with Crippen LogP contribution in [-0.4, -0.2) is 49.2 Å². The van der Waals surface area contributed by atoms with Crippen molar-refractivity contribution in [2.24, 2.45) is 0 Å². The molecule has 2 aliphatic rings. The molecule has 1 aromatic rings. The molecule has 1 saturated carbocycles. The van der Waals surface area contributed by atoms with Crippen molar-refractivity contribution in [3.8, 4) is 0 Å². The number of aromatic nitrogens is 1. The molecular weight excluding hydrogens is 350 g/mol. The highest BCUT2D eigenvalue weighted by Gasteiger charge is 2.28. The van der Waals surface area contributed by atoms with Crippen molar-refractivity contribution in [2.75, 3.05) is 19.3 Å². The van der Waals surface area contributed by atoms with E-state index in [1.165, 1.54) is 44.1 Å². The van der Waals surface area contributed by atoms with Crippen LogP contribution in [0.15, 0.2) is 6.07 Å². The van der Waals surface area contributed by atoms with Crippen molar-refractivity contribution >= 4 is 15.9 Å². The third-order valence-corrected chi connectivity index (χ3v) is 6.58. The third-order valence-electron chi connectivity index (χ3n) is 5.82. The van der Waals surface area contributed by atoms with Crippen LogP contribution in [0.25, 0.3) is 0 Å². The second-order valence-corrected chi connectivity index (χ2v) is 9.68. The first-order valence-electron chi connectivity index (χ1n) is 9.71. The van der Waals surface area contributed by atoms with Crippen LogP contribution in [0.3, 0.4) is 0 Å². The van der Waals surface area contributed by atoms with Gasteiger partial charge in [0.1, 0.15) is 0 Å². The number of nitrogens with one attached hydrogen (secondary N) is 1. The zero-order valence-corrected chi connectivity index (χ0v) is 16.9. The number of nitrogens with zero attached hydrogens (tertiary/aromatic N) is 2.